The predicted molar refractivity (Wildman–Crippen MR) is 179 cm³/mol. The molecule has 0 aliphatic carbocycles. The van der Waals surface area contributed by atoms with Gasteiger partial charge in [-0.25, -0.2) is 0 Å². The number of nitro groups is 1. The van der Waals surface area contributed by atoms with Crippen LogP contribution in [0.5, 0.6) is 0 Å². The van der Waals surface area contributed by atoms with Gasteiger partial charge in [-0.2, -0.15) is 0 Å². The molecule has 3 rings (SSSR count). The van der Waals surface area contributed by atoms with Crippen molar-refractivity contribution in [2.45, 2.75) is 61.3 Å². The highest BCUT2D eigenvalue weighted by Gasteiger charge is 2.19. The fourth-order valence-corrected chi connectivity index (χ4v) is 2.96. The number of anilines is 2. The summed E-state index contributed by atoms with van der Waals surface area (Å²) in [5, 5.41) is 17.5. The minimum absolute atomic E-state index is 0.0184. The van der Waals surface area contributed by atoms with Crippen molar-refractivity contribution in [3.63, 3.8) is 0 Å². The Morgan fingerprint density at radius 2 is 1.40 bits per heavy atom. The van der Waals surface area contributed by atoms with Crippen LogP contribution in [0.4, 0.5) is 17.1 Å². The Kier molecular flexibility index (Phi) is 28.7. The van der Waals surface area contributed by atoms with Crippen molar-refractivity contribution in [3.8, 4) is 0 Å². The second-order valence-electron chi connectivity index (χ2n) is 8.75. The summed E-state index contributed by atoms with van der Waals surface area (Å²) in [5.74, 6) is 0. The van der Waals surface area contributed by atoms with Crippen molar-refractivity contribution in [2.75, 3.05) is 32.6 Å². The molecular weight excluding hydrogens is 530 g/mol. The van der Waals surface area contributed by atoms with Crippen molar-refractivity contribution < 1.29 is 14.5 Å². The molecule has 2 aromatic carbocycles. The van der Waals surface area contributed by atoms with Crippen LogP contribution < -0.4 is 16.4 Å². The molecule has 42 heavy (non-hydrogen) atoms. The molecule has 0 aliphatic rings. The highest BCUT2D eigenvalue weighted by molar-refractivity contribution is 5.71. The molecule has 0 atom stereocenters. The van der Waals surface area contributed by atoms with Gasteiger partial charge in [0.05, 0.1) is 4.92 Å². The molecule has 0 bridgehead atoms. The number of ether oxygens (including phenoxy) is 1. The van der Waals surface area contributed by atoms with Crippen molar-refractivity contribution in [1.29, 1.82) is 0 Å². The maximum atomic E-state index is 11.2. The maximum Gasteiger partial charge on any atom is 0.313 e. The Balaban J connectivity index is -0.000000621. The third-order valence-corrected chi connectivity index (χ3v) is 4.88. The Bertz CT molecular complexity index is 1070. The molecule has 4 N–H and O–H groups in total. The number of nitrogens with one attached hydrogen (secondary N) is 2. The second kappa shape index (κ2) is 28.4. The fourth-order valence-electron chi connectivity index (χ4n) is 2.96. The average molecular weight is 584 g/mol. The van der Waals surface area contributed by atoms with Gasteiger partial charge in [0.2, 0.25) is 6.41 Å². The number of pyridine rings is 1. The monoisotopic (exact) mass is 583 g/mol. The lowest BCUT2D eigenvalue weighted by molar-refractivity contribution is -0.384. The lowest BCUT2D eigenvalue weighted by Crippen LogP contribution is -2.10. The van der Waals surface area contributed by atoms with Crippen LogP contribution in [0.1, 0.15) is 55.3 Å². The number of amides is 1. The number of aromatic nitrogens is 1. The summed E-state index contributed by atoms with van der Waals surface area (Å²) in [5.41, 5.74) is 10.5. The van der Waals surface area contributed by atoms with Crippen LogP contribution in [-0.2, 0) is 16.0 Å². The van der Waals surface area contributed by atoms with Crippen LogP contribution in [0, 0.1) is 37.8 Å². The summed E-state index contributed by atoms with van der Waals surface area (Å²) in [6.07, 6.45) is 2.45. The van der Waals surface area contributed by atoms with Crippen LogP contribution in [-0.4, -0.2) is 43.6 Å². The normalized spacial score (nSPS) is 8.79. The van der Waals surface area contributed by atoms with E-state index in [-0.39, 0.29) is 12.1 Å². The van der Waals surface area contributed by atoms with Crippen LogP contribution in [0.25, 0.3) is 0 Å². The van der Waals surface area contributed by atoms with E-state index in [1.807, 2.05) is 45.2 Å². The quantitative estimate of drug-likeness (QED) is 0.114. The molecule has 3 aromatic rings. The van der Waals surface area contributed by atoms with E-state index in [0.717, 1.165) is 31.0 Å². The van der Waals surface area contributed by atoms with Crippen molar-refractivity contribution >= 4 is 23.5 Å². The molecular formula is C33H53N5O4. The molecule has 0 saturated carbocycles. The summed E-state index contributed by atoms with van der Waals surface area (Å²) in [4.78, 5) is 23.6. The third-order valence-electron chi connectivity index (χ3n) is 4.88. The second-order valence-corrected chi connectivity index (χ2v) is 8.75. The van der Waals surface area contributed by atoms with Gasteiger partial charge >= 0.3 is 5.69 Å². The molecule has 9 nitrogen and oxygen atoms in total. The van der Waals surface area contributed by atoms with Crippen molar-refractivity contribution in [1.82, 2.24) is 10.3 Å². The number of hydrogen-bond acceptors (Lipinski definition) is 7. The SMILES string of the molecule is C=C.CCC.CCOC.CNCCc1ccc(Nc2cc(C)nc(C)c2[N+](=O)[O-])cc1.Cc1ccc(C)cc1.NC=O. The predicted octanol–water partition coefficient (Wildman–Crippen LogP) is 7.39. The van der Waals surface area contributed by atoms with Gasteiger partial charge in [-0.15, -0.1) is 13.2 Å². The molecule has 0 radical (unpaired) electrons. The van der Waals surface area contributed by atoms with Gasteiger partial charge in [-0.1, -0.05) is 67.8 Å². The highest BCUT2D eigenvalue weighted by atomic mass is 16.6. The number of benzene rings is 2. The maximum absolute atomic E-state index is 11.2. The van der Waals surface area contributed by atoms with E-state index < -0.39 is 4.92 Å². The van der Waals surface area contributed by atoms with E-state index in [2.05, 4.69) is 91.2 Å². The van der Waals surface area contributed by atoms with Gasteiger partial charge in [-0.05, 0) is 78.4 Å². The third kappa shape index (κ3) is 21.7. The molecule has 0 fully saturated rings. The standard InChI is InChI=1S/C16H20N4O2.C8H10.C3H8O.C3H8.C2H4.CH3NO/c1-11-10-15(16(20(21)22)12(2)18-11)19-14-6-4-13(5-7-14)8-9-17-3;1-7-3-5-8(2)6-4-7;1-3-4-2;1-3-2;1-2;2-1-3/h4-7,10,17H,8-9H2,1-3H3,(H,18,19);3-6H,1-2H3;3H2,1-2H3;3H2,1-2H3;1-2H2;1H,(H2,2,3). The zero-order chi connectivity index (χ0) is 32.9. The first kappa shape index (κ1) is 42.4. The van der Waals surface area contributed by atoms with Gasteiger partial charge in [0, 0.05) is 25.1 Å². The van der Waals surface area contributed by atoms with Gasteiger partial charge < -0.3 is 21.1 Å². The molecule has 1 amide bonds. The molecule has 1 heterocycles. The first-order valence-corrected chi connectivity index (χ1v) is 13.9. The van der Waals surface area contributed by atoms with Gasteiger partial charge in [0.1, 0.15) is 11.4 Å². The number of hydrogen-bond donors (Lipinski definition) is 3. The Labute approximate surface area is 253 Å². The number of likely N-dealkylation sites (N-methyl/N-ethyl adjacent to an activating group) is 1. The number of aryl methyl sites for hydroxylation is 4. The van der Waals surface area contributed by atoms with Gasteiger partial charge in [0.15, 0.2) is 0 Å². The molecule has 0 spiro atoms. The van der Waals surface area contributed by atoms with E-state index in [9.17, 15) is 10.1 Å². The topological polar surface area (TPSA) is 132 Å². The average Bonchev–Trinajstić information content (AvgIpc) is 2.96. The van der Waals surface area contributed by atoms with E-state index >= 15 is 0 Å². The van der Waals surface area contributed by atoms with Crippen molar-refractivity contribution in [3.05, 3.63) is 106 Å². The van der Waals surface area contributed by atoms with Gasteiger partial charge in [0.25, 0.3) is 0 Å². The molecule has 1 aromatic heterocycles. The summed E-state index contributed by atoms with van der Waals surface area (Å²) in [6, 6.07) is 18.1. The summed E-state index contributed by atoms with van der Waals surface area (Å²) in [7, 11) is 3.60. The minimum Gasteiger partial charge on any atom is -0.385 e. The lowest BCUT2D eigenvalue weighted by atomic mass is 10.1. The van der Waals surface area contributed by atoms with E-state index in [0.29, 0.717) is 11.4 Å². The summed E-state index contributed by atoms with van der Waals surface area (Å²) < 4.78 is 4.54. The summed E-state index contributed by atoms with van der Waals surface area (Å²) >= 11 is 0. The molecule has 234 valence electrons. The van der Waals surface area contributed by atoms with E-state index in [4.69, 9.17) is 4.79 Å². The highest BCUT2D eigenvalue weighted by Crippen LogP contribution is 2.30. The number of nitrogens with zero attached hydrogens (tertiary/aromatic N) is 2. The molecule has 9 heteroatoms. The number of carbonyl (C=O) groups excluding carboxylic acids is 1. The van der Waals surface area contributed by atoms with Crippen molar-refractivity contribution in [2.24, 2.45) is 5.73 Å². The molecule has 0 saturated heterocycles. The van der Waals surface area contributed by atoms with Crippen LogP contribution in [0.3, 0.4) is 0 Å². The number of rotatable bonds is 7. The largest absolute Gasteiger partial charge is 0.385 e. The summed E-state index contributed by atoms with van der Waals surface area (Å²) in [6.45, 7) is 21.6. The van der Waals surface area contributed by atoms with Crippen LogP contribution in [0.15, 0.2) is 67.8 Å². The van der Waals surface area contributed by atoms with E-state index in [1.54, 1.807) is 20.1 Å². The lowest BCUT2D eigenvalue weighted by Gasteiger charge is -2.10. The zero-order valence-electron chi connectivity index (χ0n) is 27.1. The van der Waals surface area contributed by atoms with Crippen LogP contribution >= 0.6 is 0 Å². The van der Waals surface area contributed by atoms with Gasteiger partial charge in [-0.3, -0.25) is 19.9 Å². The number of nitrogens with two attached hydrogens (primary N) is 1. The Hall–Kier alpha value is -4.08. The first-order valence-electron chi connectivity index (χ1n) is 13.9. The zero-order valence-corrected chi connectivity index (χ0v) is 27.1. The number of methoxy groups -OCH3 is 1. The first-order chi connectivity index (χ1) is 20.0. The number of primary amides is 1. The number of carbonyl (C=O) groups is 1. The molecule has 0 unspecified atom stereocenters. The van der Waals surface area contributed by atoms with E-state index in [1.165, 1.54) is 23.1 Å². The smallest absolute Gasteiger partial charge is 0.313 e. The molecule has 0 aliphatic heterocycles. The fraction of sp³-hybridized carbons (Fsp3) is 0.394. The Morgan fingerprint density at radius 3 is 1.76 bits per heavy atom. The minimum atomic E-state index is -0.397. The van der Waals surface area contributed by atoms with Crippen LogP contribution in [0.2, 0.25) is 0 Å². The Morgan fingerprint density at radius 1 is 0.976 bits per heavy atom.